The van der Waals surface area contributed by atoms with Crippen molar-refractivity contribution in [2.75, 3.05) is 6.61 Å². The van der Waals surface area contributed by atoms with Crippen LogP contribution in [0, 0.1) is 5.82 Å². The van der Waals surface area contributed by atoms with Gasteiger partial charge in [-0.3, -0.25) is 9.78 Å². The minimum atomic E-state index is -5.05. The maximum absolute atomic E-state index is 14.5. The van der Waals surface area contributed by atoms with Gasteiger partial charge in [0, 0.05) is 12.6 Å². The van der Waals surface area contributed by atoms with Gasteiger partial charge in [0.05, 0.1) is 12.8 Å². The first-order chi connectivity index (χ1) is 14.3. The van der Waals surface area contributed by atoms with E-state index in [2.05, 4.69) is 20.0 Å². The number of pyridine rings is 1. The Morgan fingerprint density at radius 2 is 2.03 bits per heavy atom. The van der Waals surface area contributed by atoms with Crippen molar-refractivity contribution in [2.24, 2.45) is 0 Å². The van der Waals surface area contributed by atoms with E-state index in [4.69, 9.17) is 9.15 Å². The number of oxazole rings is 1. The fraction of sp³-hybridized carbons (Fsp3) is 0.211. The van der Waals surface area contributed by atoms with Gasteiger partial charge in [-0.25, -0.2) is 9.37 Å². The number of carbonyl (C=O) groups excluding carboxylic acids is 1. The highest BCUT2D eigenvalue weighted by molar-refractivity contribution is 5.90. The number of nitrogens with zero attached hydrogens (tertiary/aromatic N) is 2. The van der Waals surface area contributed by atoms with Gasteiger partial charge in [0.2, 0.25) is 0 Å². The van der Waals surface area contributed by atoms with Crippen molar-refractivity contribution >= 4 is 5.91 Å². The molecule has 1 atom stereocenters. The van der Waals surface area contributed by atoms with E-state index >= 15 is 0 Å². The summed E-state index contributed by atoms with van der Waals surface area (Å²) in [6.45, 7) is 0.132. The number of benzene rings is 1. The Kier molecular flexibility index (Phi) is 4.80. The van der Waals surface area contributed by atoms with E-state index in [0.29, 0.717) is 5.75 Å². The number of hydrogen-bond donors (Lipinski definition) is 1. The molecule has 30 heavy (non-hydrogen) atoms. The zero-order valence-corrected chi connectivity index (χ0v) is 15.1. The summed E-state index contributed by atoms with van der Waals surface area (Å²) in [7, 11) is 0. The quantitative estimate of drug-likeness (QED) is 0.646. The molecule has 2 aromatic heterocycles. The third-order valence-corrected chi connectivity index (χ3v) is 4.51. The zero-order valence-electron chi connectivity index (χ0n) is 15.1. The number of aromatic nitrogens is 2. The molecule has 0 bridgehead atoms. The highest BCUT2D eigenvalue weighted by Crippen LogP contribution is 2.42. The number of carbonyl (C=O) groups is 1. The normalized spacial score (nSPS) is 18.3. The lowest BCUT2D eigenvalue weighted by molar-refractivity contribution is -0.275. The van der Waals surface area contributed by atoms with Crippen LogP contribution in [0.15, 0.2) is 53.4 Å². The van der Waals surface area contributed by atoms with Gasteiger partial charge in [-0.05, 0) is 29.8 Å². The van der Waals surface area contributed by atoms with Crippen molar-refractivity contribution in [3.8, 4) is 11.5 Å². The van der Waals surface area contributed by atoms with Crippen molar-refractivity contribution < 1.29 is 36.2 Å². The summed E-state index contributed by atoms with van der Waals surface area (Å²) in [5.41, 5.74) is -0.990. The minimum absolute atomic E-state index is 0.127. The summed E-state index contributed by atoms with van der Waals surface area (Å²) >= 11 is 0. The number of nitrogens with one attached hydrogen (secondary N) is 1. The lowest BCUT2D eigenvalue weighted by Gasteiger charge is -2.38. The monoisotopic (exact) mass is 423 g/mol. The second kappa shape index (κ2) is 7.32. The molecule has 0 fully saturated rings. The van der Waals surface area contributed by atoms with Gasteiger partial charge < -0.3 is 19.2 Å². The molecule has 1 N–H and O–H groups in total. The van der Waals surface area contributed by atoms with Crippen LogP contribution in [0.25, 0.3) is 0 Å². The van der Waals surface area contributed by atoms with Crippen LogP contribution in [0.1, 0.15) is 28.4 Å². The molecule has 3 aromatic rings. The first-order valence-electron chi connectivity index (χ1n) is 8.64. The average Bonchev–Trinajstić information content (AvgIpc) is 3.24. The van der Waals surface area contributed by atoms with Crippen molar-refractivity contribution in [1.29, 1.82) is 0 Å². The number of alkyl halides is 3. The largest absolute Gasteiger partial charge is 0.573 e. The van der Waals surface area contributed by atoms with Crippen molar-refractivity contribution in [1.82, 2.24) is 15.3 Å². The highest BCUT2D eigenvalue weighted by Gasteiger charge is 2.44. The minimum Gasteiger partial charge on any atom is -0.491 e. The molecule has 0 saturated heterocycles. The summed E-state index contributed by atoms with van der Waals surface area (Å²) in [5.74, 6) is -2.86. The Hall–Kier alpha value is -3.63. The Labute approximate surface area is 166 Å². The summed E-state index contributed by atoms with van der Waals surface area (Å²) in [4.78, 5) is 20.8. The predicted molar refractivity (Wildman–Crippen MR) is 92.2 cm³/mol. The Balaban J connectivity index is 1.81. The Morgan fingerprint density at radius 1 is 1.20 bits per heavy atom. The molecule has 0 aliphatic carbocycles. The smallest absolute Gasteiger partial charge is 0.491 e. The first-order valence-corrected chi connectivity index (χ1v) is 8.64. The van der Waals surface area contributed by atoms with E-state index in [0.717, 1.165) is 12.1 Å². The van der Waals surface area contributed by atoms with E-state index in [1.54, 1.807) is 12.1 Å². The third-order valence-electron chi connectivity index (χ3n) is 4.51. The molecule has 0 radical (unpaired) electrons. The van der Waals surface area contributed by atoms with E-state index < -0.39 is 29.4 Å². The van der Waals surface area contributed by atoms with Crippen LogP contribution >= 0.6 is 0 Å². The molecule has 156 valence electrons. The third kappa shape index (κ3) is 3.65. The van der Waals surface area contributed by atoms with E-state index in [1.807, 2.05) is 0 Å². The van der Waals surface area contributed by atoms with Gasteiger partial charge in [-0.15, -0.1) is 13.2 Å². The topological polar surface area (TPSA) is 86.5 Å². The number of rotatable bonds is 4. The molecule has 1 aliphatic heterocycles. The van der Waals surface area contributed by atoms with Gasteiger partial charge in [-0.2, -0.15) is 0 Å². The van der Waals surface area contributed by atoms with Crippen LogP contribution in [-0.2, 0) is 5.54 Å². The van der Waals surface area contributed by atoms with E-state index in [9.17, 15) is 22.4 Å². The molecule has 7 nitrogen and oxygen atoms in total. The maximum atomic E-state index is 14.5. The molecule has 1 unspecified atom stereocenters. The number of ether oxygens (including phenoxy) is 2. The van der Waals surface area contributed by atoms with Gasteiger partial charge in [0.25, 0.3) is 5.89 Å². The standard InChI is InChI=1S/C19H13F4N3O4/c20-12-10-11(3-4-13(12)30-19(21,22)23)18(26-16(27)17-25-7-9-29-17)5-8-28-14-2-1-6-24-15(14)18/h1-4,6-7,9-10H,5,8H2,(H,26,27). The zero-order chi connectivity index (χ0) is 21.4. The van der Waals surface area contributed by atoms with E-state index in [-0.39, 0.29) is 30.2 Å². The Morgan fingerprint density at radius 3 is 2.73 bits per heavy atom. The van der Waals surface area contributed by atoms with Crippen molar-refractivity contribution in [3.05, 3.63) is 72.0 Å². The van der Waals surface area contributed by atoms with Crippen LogP contribution in [0.4, 0.5) is 17.6 Å². The van der Waals surface area contributed by atoms with Gasteiger partial charge in [0.15, 0.2) is 11.6 Å². The number of halogens is 4. The predicted octanol–water partition coefficient (Wildman–Crippen LogP) is 3.56. The van der Waals surface area contributed by atoms with Gasteiger partial charge in [-0.1, -0.05) is 6.07 Å². The molecule has 11 heteroatoms. The average molecular weight is 423 g/mol. The molecule has 1 aromatic carbocycles. The Bertz CT molecular complexity index is 1070. The van der Waals surface area contributed by atoms with Crippen LogP contribution < -0.4 is 14.8 Å². The van der Waals surface area contributed by atoms with Crippen LogP contribution in [0.5, 0.6) is 11.5 Å². The lowest BCUT2D eigenvalue weighted by Crippen LogP contribution is -2.50. The maximum Gasteiger partial charge on any atom is 0.573 e. The first kappa shape index (κ1) is 19.7. The fourth-order valence-electron chi connectivity index (χ4n) is 3.29. The molecule has 3 heterocycles. The summed E-state index contributed by atoms with van der Waals surface area (Å²) in [6.07, 6.45) is -0.979. The molecule has 1 amide bonds. The van der Waals surface area contributed by atoms with E-state index in [1.165, 1.54) is 24.7 Å². The molecular weight excluding hydrogens is 410 g/mol. The van der Waals surface area contributed by atoms with Crippen molar-refractivity contribution in [2.45, 2.75) is 18.3 Å². The second-order valence-corrected chi connectivity index (χ2v) is 6.34. The molecule has 1 aliphatic rings. The summed E-state index contributed by atoms with van der Waals surface area (Å²) in [5, 5.41) is 2.73. The number of fused-ring (bicyclic) bond motifs is 1. The summed E-state index contributed by atoms with van der Waals surface area (Å²) < 4.78 is 66.2. The van der Waals surface area contributed by atoms with Gasteiger partial charge >= 0.3 is 12.3 Å². The van der Waals surface area contributed by atoms with Crippen molar-refractivity contribution in [3.63, 3.8) is 0 Å². The SMILES string of the molecule is O=C(NC1(c2ccc(OC(F)(F)F)c(F)c2)CCOc2cccnc21)c1ncco1. The highest BCUT2D eigenvalue weighted by atomic mass is 19.4. The molecular formula is C19H13F4N3O4. The lowest BCUT2D eigenvalue weighted by atomic mass is 9.81. The van der Waals surface area contributed by atoms with Gasteiger partial charge in [0.1, 0.15) is 23.2 Å². The van der Waals surface area contributed by atoms with Crippen LogP contribution in [-0.4, -0.2) is 28.8 Å². The number of hydrogen-bond acceptors (Lipinski definition) is 6. The molecule has 4 rings (SSSR count). The molecule has 0 saturated carbocycles. The second-order valence-electron chi connectivity index (χ2n) is 6.34. The van der Waals surface area contributed by atoms with Crippen LogP contribution in [0.2, 0.25) is 0 Å². The summed E-state index contributed by atoms with van der Waals surface area (Å²) in [6, 6.07) is 6.16. The fourth-order valence-corrected chi connectivity index (χ4v) is 3.29. The van der Waals surface area contributed by atoms with Crippen LogP contribution in [0.3, 0.4) is 0 Å². The number of amides is 1. The molecule has 0 spiro atoms.